The summed E-state index contributed by atoms with van der Waals surface area (Å²) in [5.41, 5.74) is 0. The molecule has 0 heterocycles. The highest BCUT2D eigenvalue weighted by Crippen LogP contribution is 2.06. The van der Waals surface area contributed by atoms with Crippen molar-refractivity contribution < 1.29 is 14.7 Å². The van der Waals surface area contributed by atoms with E-state index in [-0.39, 0.29) is 17.6 Å². The van der Waals surface area contributed by atoms with Crippen molar-refractivity contribution in [3.63, 3.8) is 0 Å². The van der Waals surface area contributed by atoms with Gasteiger partial charge < -0.3 is 10.4 Å². The van der Waals surface area contributed by atoms with Crippen LogP contribution in [0.4, 0.5) is 4.79 Å². The number of alkyl halides is 1. The molecule has 1 atom stereocenters. The fraction of sp³-hybridized carbons (Fsp3) is 0.750. The molecular formula is C8H14ClNO3. The summed E-state index contributed by atoms with van der Waals surface area (Å²) >= 11 is 5.33. The number of carboxylic acid groups (broad SMARTS) is 1. The van der Waals surface area contributed by atoms with Crippen molar-refractivity contribution in [2.24, 2.45) is 5.92 Å². The highest BCUT2D eigenvalue weighted by atomic mass is 35.5. The van der Waals surface area contributed by atoms with Crippen LogP contribution in [0.3, 0.4) is 0 Å². The summed E-state index contributed by atoms with van der Waals surface area (Å²) in [6, 6.07) is -0.671. The minimum absolute atomic E-state index is 0.155. The van der Waals surface area contributed by atoms with Crippen LogP contribution in [0.15, 0.2) is 0 Å². The maximum atomic E-state index is 11.1. The zero-order valence-corrected chi connectivity index (χ0v) is 8.47. The van der Waals surface area contributed by atoms with Crippen LogP contribution in [0.1, 0.15) is 20.3 Å². The average Bonchev–Trinajstić information content (AvgIpc) is 2.00. The van der Waals surface area contributed by atoms with Gasteiger partial charge in [-0.1, -0.05) is 13.8 Å². The number of carbonyl (C=O) groups is 2. The van der Waals surface area contributed by atoms with Crippen LogP contribution < -0.4 is 5.32 Å². The maximum absolute atomic E-state index is 11.1. The molecule has 4 nitrogen and oxygen atoms in total. The summed E-state index contributed by atoms with van der Waals surface area (Å²) in [6.07, 6.45) is -0.707. The van der Waals surface area contributed by atoms with E-state index < -0.39 is 12.1 Å². The van der Waals surface area contributed by atoms with E-state index >= 15 is 0 Å². The first-order chi connectivity index (χ1) is 5.97. The third kappa shape index (κ3) is 5.47. The van der Waals surface area contributed by atoms with E-state index in [1.165, 1.54) is 0 Å². The number of ketones is 1. The van der Waals surface area contributed by atoms with Crippen LogP contribution in [-0.4, -0.2) is 28.9 Å². The Labute approximate surface area is 82.3 Å². The molecule has 1 amide bonds. The Bertz CT molecular complexity index is 194. The summed E-state index contributed by atoms with van der Waals surface area (Å²) in [6.45, 7) is 3.83. The van der Waals surface area contributed by atoms with Crippen LogP contribution >= 0.6 is 11.6 Å². The molecule has 0 aliphatic carbocycles. The van der Waals surface area contributed by atoms with Crippen LogP contribution in [0.25, 0.3) is 0 Å². The van der Waals surface area contributed by atoms with Crippen molar-refractivity contribution >= 4 is 23.5 Å². The number of amides is 1. The molecule has 0 radical (unpaired) electrons. The van der Waals surface area contributed by atoms with Crippen LogP contribution in [0, 0.1) is 5.92 Å². The van der Waals surface area contributed by atoms with E-state index in [2.05, 4.69) is 5.32 Å². The van der Waals surface area contributed by atoms with Gasteiger partial charge in [0.25, 0.3) is 0 Å². The van der Waals surface area contributed by atoms with Gasteiger partial charge in [-0.3, -0.25) is 4.79 Å². The lowest BCUT2D eigenvalue weighted by molar-refractivity contribution is -0.118. The Kier molecular flexibility index (Phi) is 5.46. The molecule has 0 aromatic rings. The molecule has 0 aromatic heterocycles. The zero-order chi connectivity index (χ0) is 10.4. The molecule has 0 saturated heterocycles. The summed E-state index contributed by atoms with van der Waals surface area (Å²) in [5.74, 6) is -0.181. The number of nitrogens with one attached hydrogen (secondary N) is 1. The van der Waals surface area contributed by atoms with Gasteiger partial charge in [0.05, 0.1) is 11.9 Å². The van der Waals surface area contributed by atoms with Gasteiger partial charge >= 0.3 is 6.09 Å². The van der Waals surface area contributed by atoms with E-state index in [9.17, 15) is 9.59 Å². The molecule has 0 aliphatic heterocycles. The van der Waals surface area contributed by atoms with Crippen molar-refractivity contribution in [2.45, 2.75) is 26.3 Å². The van der Waals surface area contributed by atoms with Crippen LogP contribution in [0.2, 0.25) is 0 Å². The van der Waals surface area contributed by atoms with E-state index in [1.807, 2.05) is 13.8 Å². The van der Waals surface area contributed by atoms with Crippen LogP contribution in [0.5, 0.6) is 0 Å². The van der Waals surface area contributed by atoms with E-state index in [0.717, 1.165) is 0 Å². The van der Waals surface area contributed by atoms with Crippen molar-refractivity contribution in [3.05, 3.63) is 0 Å². The van der Waals surface area contributed by atoms with Gasteiger partial charge in [0, 0.05) is 0 Å². The topological polar surface area (TPSA) is 66.4 Å². The number of halogens is 1. The second-order valence-corrected chi connectivity index (χ2v) is 3.50. The van der Waals surface area contributed by atoms with Gasteiger partial charge in [0.2, 0.25) is 0 Å². The molecule has 0 bridgehead atoms. The van der Waals surface area contributed by atoms with Crippen molar-refractivity contribution in [2.75, 3.05) is 5.88 Å². The Morgan fingerprint density at radius 2 is 2.00 bits per heavy atom. The van der Waals surface area contributed by atoms with Gasteiger partial charge in [-0.05, 0) is 12.3 Å². The van der Waals surface area contributed by atoms with Crippen molar-refractivity contribution in [1.82, 2.24) is 5.32 Å². The van der Waals surface area contributed by atoms with Gasteiger partial charge in [-0.15, -0.1) is 11.6 Å². The molecule has 2 N–H and O–H groups in total. The highest BCUT2D eigenvalue weighted by Gasteiger charge is 2.20. The molecule has 0 aliphatic rings. The second kappa shape index (κ2) is 5.80. The minimum Gasteiger partial charge on any atom is -0.465 e. The first kappa shape index (κ1) is 12.2. The smallest absolute Gasteiger partial charge is 0.405 e. The summed E-state index contributed by atoms with van der Waals surface area (Å²) in [4.78, 5) is 21.4. The monoisotopic (exact) mass is 207 g/mol. The first-order valence-electron chi connectivity index (χ1n) is 4.05. The summed E-state index contributed by atoms with van der Waals surface area (Å²) < 4.78 is 0. The van der Waals surface area contributed by atoms with E-state index in [1.54, 1.807) is 0 Å². The molecule has 0 spiro atoms. The summed E-state index contributed by atoms with van der Waals surface area (Å²) in [5, 5.41) is 10.6. The van der Waals surface area contributed by atoms with Gasteiger partial charge in [0.15, 0.2) is 5.78 Å². The molecule has 0 rings (SSSR count). The second-order valence-electron chi connectivity index (χ2n) is 3.23. The Balaban J connectivity index is 4.18. The predicted octanol–water partition coefficient (Wildman–Crippen LogP) is 1.48. The lowest BCUT2D eigenvalue weighted by atomic mass is 10.0. The first-order valence-corrected chi connectivity index (χ1v) is 4.59. The molecule has 76 valence electrons. The standard InChI is InChI=1S/C8H14ClNO3/c1-5(2)3-6(7(11)4-9)10-8(12)13/h5-6,10H,3-4H2,1-2H3,(H,12,13)/t6-/m0/s1. The molecule has 0 aromatic carbocycles. The third-order valence-corrected chi connectivity index (χ3v) is 1.79. The molecular weight excluding hydrogens is 194 g/mol. The predicted molar refractivity (Wildman–Crippen MR) is 50.1 cm³/mol. The lowest BCUT2D eigenvalue weighted by Gasteiger charge is -2.16. The minimum atomic E-state index is -1.19. The fourth-order valence-electron chi connectivity index (χ4n) is 0.984. The normalized spacial score (nSPS) is 12.6. The largest absolute Gasteiger partial charge is 0.465 e. The van der Waals surface area contributed by atoms with Crippen molar-refractivity contribution in [1.29, 1.82) is 0 Å². The SMILES string of the molecule is CC(C)C[C@H](NC(=O)O)C(=O)CCl. The van der Waals surface area contributed by atoms with Crippen LogP contribution in [-0.2, 0) is 4.79 Å². The quantitative estimate of drug-likeness (QED) is 0.671. The van der Waals surface area contributed by atoms with E-state index in [0.29, 0.717) is 6.42 Å². The number of hydrogen-bond donors (Lipinski definition) is 2. The van der Waals surface area contributed by atoms with Crippen molar-refractivity contribution in [3.8, 4) is 0 Å². The molecule has 0 saturated carbocycles. The highest BCUT2D eigenvalue weighted by molar-refractivity contribution is 6.28. The molecule has 13 heavy (non-hydrogen) atoms. The Morgan fingerprint density at radius 1 is 1.46 bits per heavy atom. The maximum Gasteiger partial charge on any atom is 0.405 e. The summed E-state index contributed by atoms with van der Waals surface area (Å²) in [7, 11) is 0. The number of Topliss-reactive ketones (excluding diaryl/α,β-unsaturated/α-hetero) is 1. The number of rotatable bonds is 5. The van der Waals surface area contributed by atoms with Gasteiger partial charge in [0.1, 0.15) is 0 Å². The fourth-order valence-corrected chi connectivity index (χ4v) is 1.17. The number of hydrogen-bond acceptors (Lipinski definition) is 2. The third-order valence-electron chi connectivity index (χ3n) is 1.53. The zero-order valence-electron chi connectivity index (χ0n) is 7.71. The van der Waals surface area contributed by atoms with E-state index in [4.69, 9.17) is 16.7 Å². The lowest BCUT2D eigenvalue weighted by Crippen LogP contribution is -2.41. The molecule has 5 heteroatoms. The molecule has 0 fully saturated rings. The van der Waals surface area contributed by atoms with Gasteiger partial charge in [-0.2, -0.15) is 0 Å². The van der Waals surface area contributed by atoms with Gasteiger partial charge in [-0.25, -0.2) is 4.79 Å². The Hall–Kier alpha value is -0.770. The molecule has 0 unspecified atom stereocenters. The number of carbonyl (C=O) groups excluding carboxylic acids is 1. The average molecular weight is 208 g/mol. The Morgan fingerprint density at radius 3 is 2.31 bits per heavy atom.